The van der Waals surface area contributed by atoms with Crippen LogP contribution in [-0.4, -0.2) is 59.9 Å². The number of methoxy groups -OCH3 is 1. The van der Waals surface area contributed by atoms with Gasteiger partial charge in [0.2, 0.25) is 11.8 Å². The summed E-state index contributed by atoms with van der Waals surface area (Å²) >= 11 is 0. The number of hydrogen-bond acceptors (Lipinski definition) is 7. The Morgan fingerprint density at radius 1 is 1.27 bits per heavy atom. The zero-order chi connectivity index (χ0) is 23.2. The standard InChI is InChI=1S/C22H25F2N7O2/c1-22(32)8-5-14(6-9-22)25-21-26-20(33-2)19-15(7-10-30(19)28-21)13-3-4-16-17(11-13)31(29-27-16)12-18(23)24/h3-4,7,10-11,14,18,32H,5-6,8-9,12H2,1-2H3,(H,25,28)/t14-,22-. The molecule has 9 nitrogen and oxygen atoms in total. The molecular formula is C22H25F2N7O2. The summed E-state index contributed by atoms with van der Waals surface area (Å²) in [6.45, 7) is 1.35. The highest BCUT2D eigenvalue weighted by atomic mass is 19.3. The predicted molar refractivity (Wildman–Crippen MR) is 119 cm³/mol. The first-order valence-electron chi connectivity index (χ1n) is 10.9. The van der Waals surface area contributed by atoms with Crippen LogP contribution in [-0.2, 0) is 6.54 Å². The molecule has 0 aliphatic heterocycles. The lowest BCUT2D eigenvalue weighted by molar-refractivity contribution is 0.0195. The van der Waals surface area contributed by atoms with Crippen LogP contribution in [0.1, 0.15) is 32.6 Å². The Kier molecular flexibility index (Phi) is 5.35. The minimum Gasteiger partial charge on any atom is -0.479 e. The van der Waals surface area contributed by atoms with Crippen LogP contribution in [0.25, 0.3) is 27.7 Å². The SMILES string of the molecule is COc1nc(N[C@H]2CC[C@](C)(O)CC2)nn2ccc(-c3ccc4nnn(CC(F)F)c4c3)c12. The molecule has 0 spiro atoms. The number of fused-ring (bicyclic) bond motifs is 2. The Morgan fingerprint density at radius 2 is 2.06 bits per heavy atom. The van der Waals surface area contributed by atoms with Gasteiger partial charge in [0.15, 0.2) is 0 Å². The molecule has 0 amide bonds. The molecule has 4 aromatic rings. The molecule has 1 fully saturated rings. The van der Waals surface area contributed by atoms with Gasteiger partial charge in [-0.1, -0.05) is 11.3 Å². The number of aromatic nitrogens is 6. The van der Waals surface area contributed by atoms with Gasteiger partial charge in [-0.3, -0.25) is 0 Å². The summed E-state index contributed by atoms with van der Waals surface area (Å²) in [6, 6.07) is 7.46. The van der Waals surface area contributed by atoms with E-state index in [0.29, 0.717) is 28.4 Å². The summed E-state index contributed by atoms with van der Waals surface area (Å²) in [6.07, 6.45) is 2.38. The van der Waals surface area contributed by atoms with E-state index >= 15 is 0 Å². The number of halogens is 2. The van der Waals surface area contributed by atoms with E-state index in [1.54, 1.807) is 23.8 Å². The highest BCUT2D eigenvalue weighted by Crippen LogP contribution is 2.34. The van der Waals surface area contributed by atoms with Gasteiger partial charge in [-0.25, -0.2) is 18.0 Å². The van der Waals surface area contributed by atoms with E-state index in [-0.39, 0.29) is 6.04 Å². The molecule has 0 radical (unpaired) electrons. The Balaban J connectivity index is 1.49. The molecule has 3 aromatic heterocycles. The van der Waals surface area contributed by atoms with Gasteiger partial charge in [0.1, 0.15) is 17.6 Å². The second-order valence-corrected chi connectivity index (χ2v) is 8.75. The van der Waals surface area contributed by atoms with Crippen molar-refractivity contribution in [1.82, 2.24) is 29.6 Å². The fourth-order valence-corrected chi connectivity index (χ4v) is 4.39. The topological polar surface area (TPSA) is 102 Å². The monoisotopic (exact) mass is 457 g/mol. The number of anilines is 1. The van der Waals surface area contributed by atoms with Gasteiger partial charge in [0, 0.05) is 17.8 Å². The Bertz CT molecular complexity index is 1290. The maximum Gasteiger partial charge on any atom is 0.258 e. The molecule has 3 heterocycles. The van der Waals surface area contributed by atoms with Crippen LogP contribution in [0.3, 0.4) is 0 Å². The van der Waals surface area contributed by atoms with Gasteiger partial charge >= 0.3 is 0 Å². The van der Waals surface area contributed by atoms with Crippen LogP contribution in [0.15, 0.2) is 30.5 Å². The molecule has 0 unspecified atom stereocenters. The molecule has 1 saturated carbocycles. The normalized spacial score (nSPS) is 21.2. The average molecular weight is 457 g/mol. The van der Waals surface area contributed by atoms with Crippen LogP contribution in [0.2, 0.25) is 0 Å². The zero-order valence-corrected chi connectivity index (χ0v) is 18.4. The van der Waals surface area contributed by atoms with Crippen molar-refractivity contribution >= 4 is 22.5 Å². The predicted octanol–water partition coefficient (Wildman–Crippen LogP) is 3.52. The van der Waals surface area contributed by atoms with Crippen molar-refractivity contribution in [3.63, 3.8) is 0 Å². The average Bonchev–Trinajstić information content (AvgIpc) is 3.38. The van der Waals surface area contributed by atoms with Crippen LogP contribution in [0.5, 0.6) is 5.88 Å². The number of hydrogen-bond donors (Lipinski definition) is 2. The summed E-state index contributed by atoms with van der Waals surface area (Å²) in [4.78, 5) is 4.56. The number of nitrogens with zero attached hydrogens (tertiary/aromatic N) is 6. The third kappa shape index (κ3) is 4.20. The van der Waals surface area contributed by atoms with E-state index in [1.807, 2.05) is 25.3 Å². The van der Waals surface area contributed by atoms with Gasteiger partial charge in [-0.2, -0.15) is 4.98 Å². The molecular weight excluding hydrogens is 432 g/mol. The zero-order valence-electron chi connectivity index (χ0n) is 18.4. The first kappa shape index (κ1) is 21.5. The second kappa shape index (κ2) is 8.22. The van der Waals surface area contributed by atoms with E-state index in [0.717, 1.165) is 36.8 Å². The van der Waals surface area contributed by atoms with Crippen LogP contribution in [0, 0.1) is 0 Å². The van der Waals surface area contributed by atoms with Crippen LogP contribution >= 0.6 is 0 Å². The first-order valence-corrected chi connectivity index (χ1v) is 10.9. The smallest absolute Gasteiger partial charge is 0.258 e. The van der Waals surface area contributed by atoms with E-state index in [1.165, 1.54) is 4.68 Å². The third-order valence-electron chi connectivity index (χ3n) is 6.20. The molecule has 0 bridgehead atoms. The Morgan fingerprint density at radius 3 is 2.79 bits per heavy atom. The largest absolute Gasteiger partial charge is 0.479 e. The highest BCUT2D eigenvalue weighted by Gasteiger charge is 2.29. The van der Waals surface area contributed by atoms with Gasteiger partial charge in [-0.05, 0) is 56.4 Å². The third-order valence-corrected chi connectivity index (χ3v) is 6.20. The number of alkyl halides is 2. The number of aliphatic hydroxyl groups is 1. The van der Waals surface area contributed by atoms with Crippen molar-refractivity contribution in [2.45, 2.75) is 57.2 Å². The fourth-order valence-electron chi connectivity index (χ4n) is 4.39. The summed E-state index contributed by atoms with van der Waals surface area (Å²) in [5, 5.41) is 25.9. The summed E-state index contributed by atoms with van der Waals surface area (Å²) < 4.78 is 34.3. The Labute approximate surface area is 188 Å². The Hall–Kier alpha value is -3.34. The number of benzene rings is 1. The van der Waals surface area contributed by atoms with Crippen molar-refractivity contribution in [2.24, 2.45) is 0 Å². The number of nitrogens with one attached hydrogen (secondary N) is 1. The molecule has 0 atom stereocenters. The molecule has 2 N–H and O–H groups in total. The lowest BCUT2D eigenvalue weighted by Crippen LogP contribution is -2.36. The van der Waals surface area contributed by atoms with Gasteiger partial charge < -0.3 is 15.2 Å². The molecule has 0 saturated heterocycles. The summed E-state index contributed by atoms with van der Waals surface area (Å²) in [5.74, 6) is 0.845. The second-order valence-electron chi connectivity index (χ2n) is 8.75. The minimum atomic E-state index is -2.52. The quantitative estimate of drug-likeness (QED) is 0.457. The van der Waals surface area contributed by atoms with Crippen LogP contribution in [0.4, 0.5) is 14.7 Å². The van der Waals surface area contributed by atoms with Crippen molar-refractivity contribution in [1.29, 1.82) is 0 Å². The van der Waals surface area contributed by atoms with Crippen molar-refractivity contribution in [3.05, 3.63) is 30.5 Å². The summed E-state index contributed by atoms with van der Waals surface area (Å²) in [5.41, 5.74) is 2.72. The lowest BCUT2D eigenvalue weighted by atomic mass is 9.84. The van der Waals surface area contributed by atoms with Crippen molar-refractivity contribution < 1.29 is 18.6 Å². The van der Waals surface area contributed by atoms with E-state index < -0.39 is 18.6 Å². The molecule has 5 rings (SSSR count). The van der Waals surface area contributed by atoms with Gasteiger partial charge in [-0.15, -0.1) is 10.2 Å². The molecule has 1 aliphatic rings. The number of rotatable bonds is 6. The molecule has 11 heteroatoms. The van der Waals surface area contributed by atoms with Crippen molar-refractivity contribution in [2.75, 3.05) is 12.4 Å². The van der Waals surface area contributed by atoms with Crippen molar-refractivity contribution in [3.8, 4) is 17.0 Å². The minimum absolute atomic E-state index is 0.174. The van der Waals surface area contributed by atoms with Gasteiger partial charge in [0.25, 0.3) is 6.43 Å². The fraction of sp³-hybridized carbons (Fsp3) is 0.455. The van der Waals surface area contributed by atoms with Crippen LogP contribution < -0.4 is 10.1 Å². The molecule has 174 valence electrons. The highest BCUT2D eigenvalue weighted by molar-refractivity contribution is 5.89. The molecule has 33 heavy (non-hydrogen) atoms. The van der Waals surface area contributed by atoms with E-state index in [9.17, 15) is 13.9 Å². The summed E-state index contributed by atoms with van der Waals surface area (Å²) in [7, 11) is 1.55. The maximum atomic E-state index is 12.9. The van der Waals surface area contributed by atoms with E-state index in [2.05, 4.69) is 25.7 Å². The lowest BCUT2D eigenvalue weighted by Gasteiger charge is -2.33. The van der Waals surface area contributed by atoms with Gasteiger partial charge in [0.05, 0.1) is 18.2 Å². The maximum absolute atomic E-state index is 12.9. The molecule has 1 aliphatic carbocycles. The number of ether oxygens (including phenoxy) is 1. The molecule has 1 aromatic carbocycles. The first-order chi connectivity index (χ1) is 15.8. The van der Waals surface area contributed by atoms with E-state index in [4.69, 9.17) is 4.74 Å².